The van der Waals surface area contributed by atoms with Crippen LogP contribution in [0.3, 0.4) is 0 Å². The third kappa shape index (κ3) is 2.51. The fraction of sp³-hybridized carbons (Fsp3) is 0.357. The van der Waals surface area contributed by atoms with Crippen LogP contribution in [0.2, 0.25) is 0 Å². The zero-order chi connectivity index (χ0) is 14.1. The second kappa shape index (κ2) is 5.20. The first-order valence-corrected chi connectivity index (χ1v) is 7.32. The zero-order valence-corrected chi connectivity index (χ0v) is 12.4. The summed E-state index contributed by atoms with van der Waals surface area (Å²) < 4.78 is 11.1. The molecule has 106 valence electrons. The molecule has 1 aromatic heterocycles. The van der Waals surface area contributed by atoms with Crippen molar-refractivity contribution in [2.24, 2.45) is 0 Å². The molecule has 0 fully saturated rings. The second-order valence-electron chi connectivity index (χ2n) is 4.77. The number of ether oxygens (including phenoxy) is 2. The smallest absolute Gasteiger partial charge is 0.163 e. The summed E-state index contributed by atoms with van der Waals surface area (Å²) in [5.41, 5.74) is 8.77. The molecule has 0 bridgehead atoms. The Morgan fingerprint density at radius 1 is 1.30 bits per heavy atom. The van der Waals surface area contributed by atoms with Gasteiger partial charge in [-0.05, 0) is 6.92 Å². The van der Waals surface area contributed by atoms with E-state index in [9.17, 15) is 0 Å². The highest BCUT2D eigenvalue weighted by Crippen LogP contribution is 2.38. The van der Waals surface area contributed by atoms with Gasteiger partial charge in [-0.3, -0.25) is 0 Å². The molecule has 1 aromatic carbocycles. The summed E-state index contributed by atoms with van der Waals surface area (Å²) in [6.07, 6.45) is 0. The van der Waals surface area contributed by atoms with Crippen LogP contribution in [0.15, 0.2) is 17.5 Å². The van der Waals surface area contributed by atoms with Gasteiger partial charge in [-0.25, -0.2) is 4.98 Å². The number of fused-ring (bicyclic) bond motifs is 1. The van der Waals surface area contributed by atoms with Crippen LogP contribution >= 0.6 is 11.3 Å². The van der Waals surface area contributed by atoms with Crippen molar-refractivity contribution in [1.29, 1.82) is 0 Å². The summed E-state index contributed by atoms with van der Waals surface area (Å²) in [7, 11) is 2.00. The number of hydrogen-bond acceptors (Lipinski definition) is 6. The number of benzene rings is 1. The largest absolute Gasteiger partial charge is 0.486 e. The van der Waals surface area contributed by atoms with E-state index < -0.39 is 0 Å². The third-order valence-corrected chi connectivity index (χ3v) is 3.99. The highest BCUT2D eigenvalue weighted by Gasteiger charge is 2.17. The van der Waals surface area contributed by atoms with Gasteiger partial charge in [0.1, 0.15) is 13.2 Å². The van der Waals surface area contributed by atoms with E-state index in [0.717, 1.165) is 27.9 Å². The number of nitrogen functional groups attached to an aromatic ring is 1. The number of hydrogen-bond donors (Lipinski definition) is 1. The minimum atomic E-state index is 0.569. The number of aryl methyl sites for hydroxylation is 1. The van der Waals surface area contributed by atoms with Gasteiger partial charge < -0.3 is 20.1 Å². The van der Waals surface area contributed by atoms with Crippen LogP contribution in [0.5, 0.6) is 11.5 Å². The summed E-state index contributed by atoms with van der Waals surface area (Å²) in [4.78, 5) is 6.54. The summed E-state index contributed by atoms with van der Waals surface area (Å²) >= 11 is 1.65. The van der Waals surface area contributed by atoms with E-state index in [1.165, 1.54) is 0 Å². The van der Waals surface area contributed by atoms with Crippen LogP contribution in [-0.4, -0.2) is 25.2 Å². The van der Waals surface area contributed by atoms with E-state index in [4.69, 9.17) is 15.2 Å². The summed E-state index contributed by atoms with van der Waals surface area (Å²) in [5, 5.41) is 3.14. The molecule has 2 heterocycles. The molecule has 3 rings (SSSR count). The van der Waals surface area contributed by atoms with E-state index in [-0.39, 0.29) is 0 Å². The lowest BCUT2D eigenvalue weighted by atomic mass is 10.2. The molecule has 20 heavy (non-hydrogen) atoms. The van der Waals surface area contributed by atoms with Crippen LogP contribution < -0.4 is 20.1 Å². The van der Waals surface area contributed by atoms with Crippen molar-refractivity contribution in [1.82, 2.24) is 4.98 Å². The fourth-order valence-electron chi connectivity index (χ4n) is 2.23. The van der Waals surface area contributed by atoms with E-state index >= 15 is 0 Å². The quantitative estimate of drug-likeness (QED) is 0.880. The first kappa shape index (κ1) is 13.1. The van der Waals surface area contributed by atoms with Crippen LogP contribution in [-0.2, 0) is 6.54 Å². The average molecular weight is 291 g/mol. The van der Waals surface area contributed by atoms with Crippen molar-refractivity contribution < 1.29 is 9.47 Å². The molecule has 2 N–H and O–H groups in total. The molecule has 6 heteroatoms. The molecule has 2 aromatic rings. The molecule has 0 atom stereocenters. The number of nitrogens with zero attached hydrogens (tertiary/aromatic N) is 2. The summed E-state index contributed by atoms with van der Waals surface area (Å²) in [6.45, 7) is 3.87. The van der Waals surface area contributed by atoms with Crippen LogP contribution in [0.25, 0.3) is 0 Å². The second-order valence-corrected chi connectivity index (χ2v) is 5.83. The van der Waals surface area contributed by atoms with E-state index in [2.05, 4.69) is 15.3 Å². The first-order valence-electron chi connectivity index (χ1n) is 6.45. The molecule has 0 spiro atoms. The maximum absolute atomic E-state index is 6.11. The highest BCUT2D eigenvalue weighted by atomic mass is 32.1. The summed E-state index contributed by atoms with van der Waals surface area (Å²) in [5.74, 6) is 1.47. The summed E-state index contributed by atoms with van der Waals surface area (Å²) in [6, 6.07) is 3.76. The Balaban J connectivity index is 1.85. The molecular weight excluding hydrogens is 274 g/mol. The van der Waals surface area contributed by atoms with Crippen molar-refractivity contribution in [3.8, 4) is 11.5 Å². The molecule has 5 nitrogen and oxygen atoms in total. The van der Waals surface area contributed by atoms with Crippen molar-refractivity contribution in [3.63, 3.8) is 0 Å². The molecule has 1 aliphatic heterocycles. The predicted octanol–water partition coefficient (Wildman–Crippen LogP) is 2.44. The van der Waals surface area contributed by atoms with E-state index in [1.54, 1.807) is 11.3 Å². The molecule has 0 aliphatic carbocycles. The molecule has 0 unspecified atom stereocenters. The third-order valence-electron chi connectivity index (χ3n) is 3.17. The predicted molar refractivity (Wildman–Crippen MR) is 80.8 cm³/mol. The van der Waals surface area contributed by atoms with Gasteiger partial charge in [0.25, 0.3) is 0 Å². The maximum Gasteiger partial charge on any atom is 0.163 e. The highest BCUT2D eigenvalue weighted by molar-refractivity contribution is 7.09. The van der Waals surface area contributed by atoms with Gasteiger partial charge >= 0.3 is 0 Å². The monoisotopic (exact) mass is 291 g/mol. The minimum Gasteiger partial charge on any atom is -0.486 e. The van der Waals surface area contributed by atoms with Gasteiger partial charge in [-0.2, -0.15) is 0 Å². The van der Waals surface area contributed by atoms with Gasteiger partial charge in [0, 0.05) is 24.6 Å². The molecular formula is C14H17N3O2S. The Morgan fingerprint density at radius 2 is 2.00 bits per heavy atom. The number of nitrogens with two attached hydrogens (primary N) is 1. The number of anilines is 2. The number of rotatable bonds is 3. The Kier molecular flexibility index (Phi) is 3.40. The van der Waals surface area contributed by atoms with Crippen molar-refractivity contribution in [3.05, 3.63) is 28.2 Å². The Labute approximate surface area is 121 Å². The van der Waals surface area contributed by atoms with Crippen LogP contribution in [0.4, 0.5) is 11.4 Å². The molecule has 0 amide bonds. The number of thiazole rings is 1. The van der Waals surface area contributed by atoms with Gasteiger partial charge in [-0.15, -0.1) is 11.3 Å². The van der Waals surface area contributed by atoms with E-state index in [0.29, 0.717) is 25.4 Å². The van der Waals surface area contributed by atoms with Gasteiger partial charge in [0.2, 0.25) is 0 Å². The Bertz CT molecular complexity index is 627. The Morgan fingerprint density at radius 3 is 2.65 bits per heavy atom. The van der Waals surface area contributed by atoms with Crippen molar-refractivity contribution in [2.45, 2.75) is 13.5 Å². The van der Waals surface area contributed by atoms with Crippen LogP contribution in [0, 0.1) is 6.92 Å². The normalized spacial score (nSPS) is 13.3. The van der Waals surface area contributed by atoms with Crippen molar-refractivity contribution >= 4 is 22.7 Å². The van der Waals surface area contributed by atoms with Crippen molar-refractivity contribution in [2.75, 3.05) is 30.9 Å². The van der Waals surface area contributed by atoms with Crippen LogP contribution in [0.1, 0.15) is 10.7 Å². The molecule has 1 aliphatic rings. The fourth-order valence-corrected chi connectivity index (χ4v) is 2.84. The lowest BCUT2D eigenvalue weighted by Gasteiger charge is -2.24. The van der Waals surface area contributed by atoms with Gasteiger partial charge in [-0.1, -0.05) is 0 Å². The first-order chi connectivity index (χ1) is 9.63. The average Bonchev–Trinajstić information content (AvgIpc) is 2.83. The maximum atomic E-state index is 6.11. The van der Waals surface area contributed by atoms with E-state index in [1.807, 2.05) is 26.1 Å². The molecule has 0 radical (unpaired) electrons. The number of aromatic nitrogens is 1. The van der Waals surface area contributed by atoms with Gasteiger partial charge in [0.05, 0.1) is 28.6 Å². The zero-order valence-electron chi connectivity index (χ0n) is 11.5. The standard InChI is InChI=1S/C14H17N3O2S/c1-9-16-10(8-20-9)7-17(2)12-6-14-13(5-11(12)15)18-3-4-19-14/h5-6,8H,3-4,7,15H2,1-2H3. The topological polar surface area (TPSA) is 60.6 Å². The lowest BCUT2D eigenvalue weighted by molar-refractivity contribution is 0.172. The minimum absolute atomic E-state index is 0.569. The Hall–Kier alpha value is -1.95. The van der Waals surface area contributed by atoms with Gasteiger partial charge in [0.15, 0.2) is 11.5 Å². The SMILES string of the molecule is Cc1nc(CN(C)c2cc3c(cc2N)OCCO3)cs1. The molecule has 0 saturated heterocycles. The molecule has 0 saturated carbocycles. The lowest BCUT2D eigenvalue weighted by Crippen LogP contribution is -2.20.